The summed E-state index contributed by atoms with van der Waals surface area (Å²) in [5.41, 5.74) is 2.65. The predicted octanol–water partition coefficient (Wildman–Crippen LogP) is 4.83. The Hall–Kier alpha value is -1.52. The average molecular weight is 381 g/mol. The van der Waals surface area contributed by atoms with E-state index in [1.54, 1.807) is 13.2 Å². The van der Waals surface area contributed by atoms with Crippen LogP contribution in [0.5, 0.6) is 5.75 Å². The summed E-state index contributed by atoms with van der Waals surface area (Å²) in [7, 11) is 1.64. The van der Waals surface area contributed by atoms with Gasteiger partial charge < -0.3 is 9.64 Å². The molecule has 3 nitrogen and oxygen atoms in total. The first-order chi connectivity index (χ1) is 10.5. The van der Waals surface area contributed by atoms with E-state index in [0.717, 1.165) is 21.3 Å². The van der Waals surface area contributed by atoms with E-state index in [2.05, 4.69) is 15.9 Å². The number of methoxy groups -OCH3 is 1. The minimum atomic E-state index is -0.0178. The van der Waals surface area contributed by atoms with Crippen molar-refractivity contribution in [2.75, 3.05) is 7.11 Å². The Morgan fingerprint density at radius 1 is 1.27 bits per heavy atom. The first kappa shape index (κ1) is 15.4. The molecule has 0 spiro atoms. The van der Waals surface area contributed by atoms with E-state index in [9.17, 15) is 4.79 Å². The Balaban J connectivity index is 1.90. The third-order valence-electron chi connectivity index (χ3n) is 3.99. The zero-order chi connectivity index (χ0) is 15.9. The highest BCUT2D eigenvalue weighted by Gasteiger charge is 2.35. The van der Waals surface area contributed by atoms with Crippen LogP contribution in [0, 0.1) is 0 Å². The average Bonchev–Trinajstić information content (AvgIpc) is 2.73. The molecule has 1 unspecified atom stereocenters. The van der Waals surface area contributed by atoms with E-state index in [1.165, 1.54) is 0 Å². The van der Waals surface area contributed by atoms with Crippen molar-refractivity contribution in [3.63, 3.8) is 0 Å². The maximum atomic E-state index is 12.7. The van der Waals surface area contributed by atoms with Gasteiger partial charge in [-0.1, -0.05) is 39.7 Å². The number of carbonyl (C=O) groups excluding carboxylic acids is 1. The smallest absolute Gasteiger partial charge is 0.256 e. The van der Waals surface area contributed by atoms with E-state index in [0.29, 0.717) is 17.1 Å². The van der Waals surface area contributed by atoms with Gasteiger partial charge in [-0.3, -0.25) is 4.79 Å². The molecule has 22 heavy (non-hydrogen) atoms. The van der Waals surface area contributed by atoms with Gasteiger partial charge in [0, 0.05) is 11.0 Å². The third kappa shape index (κ3) is 2.61. The molecule has 0 radical (unpaired) electrons. The standard InChI is InChI=1S/C17H15BrClNO2/c1-10-14-7-12(18)8-15(19)16(14)17(21)20(10)9-11-3-5-13(22-2)6-4-11/h3-8,10H,9H2,1-2H3. The van der Waals surface area contributed by atoms with Crippen LogP contribution in [0.25, 0.3) is 0 Å². The van der Waals surface area contributed by atoms with Crippen LogP contribution in [0.1, 0.15) is 34.5 Å². The van der Waals surface area contributed by atoms with Gasteiger partial charge >= 0.3 is 0 Å². The number of ether oxygens (including phenoxy) is 1. The highest BCUT2D eigenvalue weighted by Crippen LogP contribution is 2.40. The first-order valence-electron chi connectivity index (χ1n) is 6.94. The van der Waals surface area contributed by atoms with E-state index >= 15 is 0 Å². The van der Waals surface area contributed by atoms with Gasteiger partial charge in [0.15, 0.2) is 0 Å². The number of hydrogen-bond donors (Lipinski definition) is 0. The minimum Gasteiger partial charge on any atom is -0.497 e. The summed E-state index contributed by atoms with van der Waals surface area (Å²) in [6, 6.07) is 11.5. The summed E-state index contributed by atoms with van der Waals surface area (Å²) < 4.78 is 6.05. The fourth-order valence-electron chi connectivity index (χ4n) is 2.77. The van der Waals surface area contributed by atoms with Crippen LogP contribution < -0.4 is 4.74 Å². The molecule has 1 heterocycles. The number of nitrogens with zero attached hydrogens (tertiary/aromatic N) is 1. The highest BCUT2D eigenvalue weighted by molar-refractivity contribution is 9.10. The van der Waals surface area contributed by atoms with Crippen LogP contribution in [0.3, 0.4) is 0 Å². The van der Waals surface area contributed by atoms with Crippen molar-refractivity contribution in [3.8, 4) is 5.75 Å². The van der Waals surface area contributed by atoms with Gasteiger partial charge in [-0.2, -0.15) is 0 Å². The molecular weight excluding hydrogens is 366 g/mol. The van der Waals surface area contributed by atoms with Crippen molar-refractivity contribution in [1.82, 2.24) is 4.90 Å². The molecule has 2 aromatic rings. The third-order valence-corrected chi connectivity index (χ3v) is 4.75. The van der Waals surface area contributed by atoms with Crippen LogP contribution >= 0.6 is 27.5 Å². The largest absolute Gasteiger partial charge is 0.497 e. The van der Waals surface area contributed by atoms with E-state index in [1.807, 2.05) is 42.2 Å². The summed E-state index contributed by atoms with van der Waals surface area (Å²) in [4.78, 5) is 14.5. The zero-order valence-corrected chi connectivity index (χ0v) is 14.6. The second-order valence-corrected chi connectivity index (χ2v) is 6.63. The van der Waals surface area contributed by atoms with Gasteiger partial charge in [0.05, 0.1) is 23.7 Å². The SMILES string of the molecule is COc1ccc(CN2C(=O)c3c(Cl)cc(Br)cc3C2C)cc1. The Labute approximate surface area is 143 Å². The number of halogens is 2. The monoisotopic (exact) mass is 379 g/mol. The van der Waals surface area contributed by atoms with E-state index < -0.39 is 0 Å². The van der Waals surface area contributed by atoms with Gasteiger partial charge in [0.25, 0.3) is 5.91 Å². The summed E-state index contributed by atoms with van der Waals surface area (Å²) in [5, 5.41) is 0.499. The number of amides is 1. The lowest BCUT2D eigenvalue weighted by molar-refractivity contribution is 0.0723. The Morgan fingerprint density at radius 3 is 2.59 bits per heavy atom. The summed E-state index contributed by atoms with van der Waals surface area (Å²) in [6.07, 6.45) is 0. The van der Waals surface area contributed by atoms with Crippen LogP contribution in [0.4, 0.5) is 0 Å². The maximum Gasteiger partial charge on any atom is 0.256 e. The molecule has 0 aliphatic carbocycles. The van der Waals surface area contributed by atoms with Gasteiger partial charge in [0.2, 0.25) is 0 Å². The lowest BCUT2D eigenvalue weighted by Crippen LogP contribution is -2.26. The molecule has 1 amide bonds. The summed E-state index contributed by atoms with van der Waals surface area (Å²) in [6.45, 7) is 2.57. The number of fused-ring (bicyclic) bond motifs is 1. The van der Waals surface area contributed by atoms with Crippen molar-refractivity contribution < 1.29 is 9.53 Å². The molecule has 1 atom stereocenters. The van der Waals surface area contributed by atoms with Crippen molar-refractivity contribution in [2.45, 2.75) is 19.5 Å². The topological polar surface area (TPSA) is 29.5 Å². The zero-order valence-electron chi connectivity index (χ0n) is 12.3. The fourth-order valence-corrected chi connectivity index (χ4v) is 3.69. The van der Waals surface area contributed by atoms with Gasteiger partial charge in [-0.15, -0.1) is 0 Å². The number of carbonyl (C=O) groups is 1. The molecule has 3 rings (SSSR count). The van der Waals surface area contributed by atoms with Crippen LogP contribution in [-0.4, -0.2) is 17.9 Å². The maximum absolute atomic E-state index is 12.7. The summed E-state index contributed by atoms with van der Waals surface area (Å²) >= 11 is 9.69. The molecule has 1 aliphatic heterocycles. The van der Waals surface area contributed by atoms with E-state index in [-0.39, 0.29) is 11.9 Å². The normalized spacial score (nSPS) is 16.8. The Morgan fingerprint density at radius 2 is 1.95 bits per heavy atom. The highest BCUT2D eigenvalue weighted by atomic mass is 79.9. The van der Waals surface area contributed by atoms with Gasteiger partial charge in [-0.25, -0.2) is 0 Å². The van der Waals surface area contributed by atoms with E-state index in [4.69, 9.17) is 16.3 Å². The molecule has 2 aromatic carbocycles. The van der Waals surface area contributed by atoms with Crippen LogP contribution in [0.15, 0.2) is 40.9 Å². The molecule has 0 fully saturated rings. The number of benzene rings is 2. The fraction of sp³-hybridized carbons (Fsp3) is 0.235. The van der Waals surface area contributed by atoms with Crippen molar-refractivity contribution in [2.24, 2.45) is 0 Å². The molecule has 1 aliphatic rings. The first-order valence-corrected chi connectivity index (χ1v) is 8.11. The Bertz CT molecular complexity index is 730. The second kappa shape index (κ2) is 5.94. The second-order valence-electron chi connectivity index (χ2n) is 5.31. The molecule has 0 saturated heterocycles. The van der Waals surface area contributed by atoms with Gasteiger partial charge in [-0.05, 0) is 42.3 Å². The minimum absolute atomic E-state index is 0.000369. The molecule has 114 valence electrons. The Kier molecular flexibility index (Phi) is 4.15. The van der Waals surface area contributed by atoms with Crippen molar-refractivity contribution in [3.05, 3.63) is 62.6 Å². The number of rotatable bonds is 3. The van der Waals surface area contributed by atoms with Crippen LogP contribution in [-0.2, 0) is 6.54 Å². The molecule has 0 aromatic heterocycles. The lowest BCUT2D eigenvalue weighted by atomic mass is 10.1. The molecule has 0 bridgehead atoms. The van der Waals surface area contributed by atoms with Crippen LogP contribution in [0.2, 0.25) is 5.02 Å². The summed E-state index contributed by atoms with van der Waals surface area (Å²) in [5.74, 6) is 0.788. The molecule has 5 heteroatoms. The van der Waals surface area contributed by atoms with Crippen molar-refractivity contribution >= 4 is 33.4 Å². The molecule has 0 N–H and O–H groups in total. The number of hydrogen-bond acceptors (Lipinski definition) is 2. The molecule has 0 saturated carbocycles. The lowest BCUT2D eigenvalue weighted by Gasteiger charge is -2.22. The van der Waals surface area contributed by atoms with Crippen molar-refractivity contribution in [1.29, 1.82) is 0 Å². The molecular formula is C17H15BrClNO2. The van der Waals surface area contributed by atoms with Gasteiger partial charge in [0.1, 0.15) is 5.75 Å². The quantitative estimate of drug-likeness (QED) is 0.763. The predicted molar refractivity (Wildman–Crippen MR) is 90.4 cm³/mol.